The van der Waals surface area contributed by atoms with Crippen LogP contribution in [0.2, 0.25) is 0 Å². The van der Waals surface area contributed by atoms with E-state index in [1.807, 2.05) is 26.8 Å². The van der Waals surface area contributed by atoms with Crippen molar-refractivity contribution in [1.82, 2.24) is 5.32 Å². The predicted molar refractivity (Wildman–Crippen MR) is 77.8 cm³/mol. The van der Waals surface area contributed by atoms with E-state index in [4.69, 9.17) is 0 Å². The maximum Gasteiger partial charge on any atom is 0.159 e. The maximum atomic E-state index is 14.3. The molecule has 0 radical (unpaired) electrons. The van der Waals surface area contributed by atoms with Crippen LogP contribution in [0.15, 0.2) is 30.3 Å². The fourth-order valence-electron chi connectivity index (χ4n) is 2.58. The molecule has 21 heavy (non-hydrogen) atoms. The zero-order valence-corrected chi connectivity index (χ0v) is 12.3. The van der Waals surface area contributed by atoms with Crippen molar-refractivity contribution in [1.29, 1.82) is 0 Å². The van der Waals surface area contributed by atoms with Crippen molar-refractivity contribution in [3.8, 4) is 0 Å². The van der Waals surface area contributed by atoms with Crippen LogP contribution in [-0.2, 0) is 0 Å². The third-order valence-corrected chi connectivity index (χ3v) is 3.45. The topological polar surface area (TPSA) is 12.0 Å². The standard InChI is InChI=1S/C17H18F3N/c1-4-21-17(12-5-6-13(18)14(19)9-12)16-11(3)7-10(2)8-15(16)20/h5-9,17,21H,4H2,1-3H3. The van der Waals surface area contributed by atoms with Crippen LogP contribution in [0.3, 0.4) is 0 Å². The summed E-state index contributed by atoms with van der Waals surface area (Å²) in [5, 5.41) is 3.13. The highest BCUT2D eigenvalue weighted by Gasteiger charge is 2.21. The molecule has 0 amide bonds. The van der Waals surface area contributed by atoms with E-state index < -0.39 is 17.7 Å². The molecule has 2 aromatic carbocycles. The molecular formula is C17H18F3N. The molecule has 1 N–H and O–H groups in total. The minimum Gasteiger partial charge on any atom is -0.306 e. The van der Waals surface area contributed by atoms with Gasteiger partial charge in [0, 0.05) is 5.56 Å². The molecule has 1 unspecified atom stereocenters. The minimum absolute atomic E-state index is 0.344. The first-order valence-electron chi connectivity index (χ1n) is 6.89. The normalized spacial score (nSPS) is 12.5. The average molecular weight is 293 g/mol. The van der Waals surface area contributed by atoms with E-state index in [2.05, 4.69) is 5.32 Å². The Hall–Kier alpha value is -1.81. The second kappa shape index (κ2) is 6.31. The van der Waals surface area contributed by atoms with Gasteiger partial charge in [-0.15, -0.1) is 0 Å². The Labute approximate surface area is 122 Å². The van der Waals surface area contributed by atoms with E-state index in [0.29, 0.717) is 17.7 Å². The van der Waals surface area contributed by atoms with Crippen LogP contribution in [0.25, 0.3) is 0 Å². The number of nitrogens with one attached hydrogen (secondary N) is 1. The molecule has 0 aromatic heterocycles. The fraction of sp³-hybridized carbons (Fsp3) is 0.294. The second-order valence-electron chi connectivity index (χ2n) is 5.14. The summed E-state index contributed by atoms with van der Waals surface area (Å²) in [6, 6.07) is 6.48. The molecule has 0 saturated heterocycles. The molecule has 1 atom stereocenters. The first-order chi connectivity index (χ1) is 9.93. The van der Waals surface area contributed by atoms with Crippen LogP contribution < -0.4 is 5.32 Å². The Bertz CT molecular complexity index is 629. The first-order valence-corrected chi connectivity index (χ1v) is 6.89. The van der Waals surface area contributed by atoms with Crippen molar-refractivity contribution < 1.29 is 13.2 Å². The van der Waals surface area contributed by atoms with E-state index in [-0.39, 0.29) is 5.82 Å². The number of aryl methyl sites for hydroxylation is 2. The minimum atomic E-state index is -0.930. The predicted octanol–water partition coefficient (Wildman–Crippen LogP) is 4.42. The lowest BCUT2D eigenvalue weighted by Crippen LogP contribution is -2.24. The average Bonchev–Trinajstić information content (AvgIpc) is 2.40. The van der Waals surface area contributed by atoms with E-state index in [9.17, 15) is 13.2 Å². The Morgan fingerprint density at radius 1 is 0.952 bits per heavy atom. The van der Waals surface area contributed by atoms with Gasteiger partial charge in [0.15, 0.2) is 11.6 Å². The lowest BCUT2D eigenvalue weighted by atomic mass is 9.93. The molecule has 0 heterocycles. The molecule has 0 spiro atoms. The number of hydrogen-bond donors (Lipinski definition) is 1. The van der Waals surface area contributed by atoms with Gasteiger partial charge >= 0.3 is 0 Å². The highest BCUT2D eigenvalue weighted by molar-refractivity contribution is 5.40. The van der Waals surface area contributed by atoms with Crippen LogP contribution in [0.5, 0.6) is 0 Å². The van der Waals surface area contributed by atoms with Crippen LogP contribution in [0, 0.1) is 31.3 Å². The third kappa shape index (κ3) is 3.27. The number of benzene rings is 2. The van der Waals surface area contributed by atoms with Gasteiger partial charge in [-0.2, -0.15) is 0 Å². The van der Waals surface area contributed by atoms with Crippen molar-refractivity contribution in [2.75, 3.05) is 6.54 Å². The summed E-state index contributed by atoms with van der Waals surface area (Å²) in [6.45, 7) is 6.10. The largest absolute Gasteiger partial charge is 0.306 e. The van der Waals surface area contributed by atoms with Crippen LogP contribution >= 0.6 is 0 Å². The van der Waals surface area contributed by atoms with Gasteiger partial charge in [-0.05, 0) is 55.3 Å². The van der Waals surface area contributed by atoms with Crippen molar-refractivity contribution in [3.05, 3.63) is 70.0 Å². The summed E-state index contributed by atoms with van der Waals surface area (Å²) in [5.74, 6) is -2.18. The molecule has 0 aliphatic heterocycles. The Balaban J connectivity index is 2.55. The molecule has 0 saturated carbocycles. The molecule has 0 bridgehead atoms. The molecule has 112 valence electrons. The molecule has 2 rings (SSSR count). The SMILES string of the molecule is CCNC(c1ccc(F)c(F)c1)c1c(C)cc(C)cc1F. The number of halogens is 3. The van der Waals surface area contributed by atoms with Crippen LogP contribution in [-0.4, -0.2) is 6.54 Å². The fourth-order valence-corrected chi connectivity index (χ4v) is 2.58. The van der Waals surface area contributed by atoms with Gasteiger partial charge in [0.25, 0.3) is 0 Å². The van der Waals surface area contributed by atoms with Gasteiger partial charge in [-0.25, -0.2) is 13.2 Å². The Morgan fingerprint density at radius 3 is 2.24 bits per heavy atom. The van der Waals surface area contributed by atoms with Crippen LogP contribution in [0.4, 0.5) is 13.2 Å². The Morgan fingerprint density at radius 2 is 1.67 bits per heavy atom. The third-order valence-electron chi connectivity index (χ3n) is 3.45. The molecule has 4 heteroatoms. The highest BCUT2D eigenvalue weighted by Crippen LogP contribution is 2.29. The molecule has 1 nitrogen and oxygen atoms in total. The van der Waals surface area contributed by atoms with Crippen molar-refractivity contribution in [2.45, 2.75) is 26.8 Å². The number of hydrogen-bond acceptors (Lipinski definition) is 1. The van der Waals surface area contributed by atoms with Crippen molar-refractivity contribution >= 4 is 0 Å². The summed E-state index contributed by atoms with van der Waals surface area (Å²) in [4.78, 5) is 0. The molecule has 0 aliphatic carbocycles. The van der Waals surface area contributed by atoms with Gasteiger partial charge < -0.3 is 5.32 Å². The van der Waals surface area contributed by atoms with Gasteiger partial charge in [-0.3, -0.25) is 0 Å². The summed E-state index contributed by atoms with van der Waals surface area (Å²) >= 11 is 0. The molecule has 0 aliphatic rings. The highest BCUT2D eigenvalue weighted by atomic mass is 19.2. The van der Waals surface area contributed by atoms with Crippen LogP contribution in [0.1, 0.15) is 35.2 Å². The monoisotopic (exact) mass is 293 g/mol. The summed E-state index contributed by atoms with van der Waals surface area (Å²) < 4.78 is 40.9. The summed E-state index contributed by atoms with van der Waals surface area (Å²) in [7, 11) is 0. The van der Waals surface area contributed by atoms with Gasteiger partial charge in [0.2, 0.25) is 0 Å². The summed E-state index contributed by atoms with van der Waals surface area (Å²) in [6.07, 6.45) is 0. The zero-order chi connectivity index (χ0) is 15.6. The van der Waals surface area contributed by atoms with E-state index in [1.54, 1.807) is 0 Å². The molecule has 0 fully saturated rings. The molecular weight excluding hydrogens is 275 g/mol. The maximum absolute atomic E-state index is 14.3. The van der Waals surface area contributed by atoms with Crippen molar-refractivity contribution in [2.24, 2.45) is 0 Å². The van der Waals surface area contributed by atoms with Gasteiger partial charge in [0.1, 0.15) is 5.82 Å². The molecule has 2 aromatic rings. The van der Waals surface area contributed by atoms with Gasteiger partial charge in [-0.1, -0.05) is 19.1 Å². The summed E-state index contributed by atoms with van der Waals surface area (Å²) in [5.41, 5.74) is 2.58. The van der Waals surface area contributed by atoms with Gasteiger partial charge in [0.05, 0.1) is 6.04 Å². The second-order valence-corrected chi connectivity index (χ2v) is 5.14. The van der Waals surface area contributed by atoms with E-state index in [0.717, 1.165) is 23.3 Å². The quantitative estimate of drug-likeness (QED) is 0.880. The van der Waals surface area contributed by atoms with Crippen molar-refractivity contribution in [3.63, 3.8) is 0 Å². The lowest BCUT2D eigenvalue weighted by Gasteiger charge is -2.22. The lowest BCUT2D eigenvalue weighted by molar-refractivity contribution is 0.501. The number of rotatable bonds is 4. The van der Waals surface area contributed by atoms with E-state index in [1.165, 1.54) is 12.1 Å². The zero-order valence-electron chi connectivity index (χ0n) is 12.3. The smallest absolute Gasteiger partial charge is 0.159 e. The Kier molecular flexibility index (Phi) is 4.68. The van der Waals surface area contributed by atoms with E-state index >= 15 is 0 Å². The first kappa shape index (κ1) is 15.6.